The number of ether oxygens (including phenoxy) is 1. The number of rotatable bonds is 3. The van der Waals surface area contributed by atoms with Crippen LogP contribution in [0.15, 0.2) is 79.0 Å². The molecule has 0 radical (unpaired) electrons. The molecule has 5 rings (SSSR count). The number of pyridine rings is 1. The van der Waals surface area contributed by atoms with Crippen LogP contribution in [-0.4, -0.2) is 21.1 Å². The number of aromatic nitrogens is 3. The summed E-state index contributed by atoms with van der Waals surface area (Å²) in [6.07, 6.45) is 2.10. The van der Waals surface area contributed by atoms with E-state index >= 15 is 0 Å². The van der Waals surface area contributed by atoms with Gasteiger partial charge in [0, 0.05) is 17.3 Å². The van der Waals surface area contributed by atoms with E-state index in [0.29, 0.717) is 0 Å². The second kappa shape index (κ2) is 6.77. The fourth-order valence-electron chi connectivity index (χ4n) is 4.25. The van der Waals surface area contributed by atoms with Crippen LogP contribution in [-0.2, 0) is 5.54 Å². The van der Waals surface area contributed by atoms with Crippen molar-refractivity contribution in [2.75, 3.05) is 7.11 Å². The molecule has 150 valence electrons. The summed E-state index contributed by atoms with van der Waals surface area (Å²) in [5.74, 6) is 0.849. The Morgan fingerprint density at radius 3 is 2.17 bits per heavy atom. The van der Waals surface area contributed by atoms with Crippen molar-refractivity contribution in [3.8, 4) is 28.1 Å². The molecular formula is C26H25N3O. The molecule has 0 unspecified atom stereocenters. The summed E-state index contributed by atoms with van der Waals surface area (Å²) in [6.45, 7) is 6.75. The lowest BCUT2D eigenvalue weighted by atomic mass is 9.99. The lowest BCUT2D eigenvalue weighted by molar-refractivity contribution is 0.412. The molecule has 0 bridgehead atoms. The summed E-state index contributed by atoms with van der Waals surface area (Å²) in [5.41, 5.74) is 7.59. The predicted octanol–water partition coefficient (Wildman–Crippen LogP) is 6.39. The molecule has 0 fully saturated rings. The predicted molar refractivity (Wildman–Crippen MR) is 123 cm³/mol. The van der Waals surface area contributed by atoms with Gasteiger partial charge in [-0.3, -0.25) is 4.40 Å². The number of methoxy groups -OCH3 is 1. The van der Waals surface area contributed by atoms with Crippen molar-refractivity contribution in [3.63, 3.8) is 0 Å². The van der Waals surface area contributed by atoms with Crippen molar-refractivity contribution in [2.24, 2.45) is 0 Å². The van der Waals surface area contributed by atoms with Gasteiger partial charge in [-0.15, -0.1) is 0 Å². The van der Waals surface area contributed by atoms with Crippen LogP contribution in [0.5, 0.6) is 5.75 Å². The summed E-state index contributed by atoms with van der Waals surface area (Å²) in [6, 6.07) is 25.0. The highest BCUT2D eigenvalue weighted by Gasteiger charge is 2.29. The first-order valence-corrected chi connectivity index (χ1v) is 10.2. The maximum Gasteiger partial charge on any atom is 0.146 e. The number of benzene rings is 2. The summed E-state index contributed by atoms with van der Waals surface area (Å²) in [7, 11) is 1.70. The van der Waals surface area contributed by atoms with Gasteiger partial charge < -0.3 is 9.30 Å². The number of hydrogen-bond acceptors (Lipinski definition) is 2. The van der Waals surface area contributed by atoms with Crippen LogP contribution < -0.4 is 4.74 Å². The van der Waals surface area contributed by atoms with Gasteiger partial charge in [-0.25, -0.2) is 4.98 Å². The number of fused-ring (bicyclic) bond motifs is 3. The Balaban J connectivity index is 1.98. The van der Waals surface area contributed by atoms with Crippen LogP contribution in [0.3, 0.4) is 0 Å². The lowest BCUT2D eigenvalue weighted by Gasteiger charge is -2.26. The molecular weight excluding hydrogens is 370 g/mol. The molecule has 2 aromatic carbocycles. The Kier molecular flexibility index (Phi) is 4.17. The van der Waals surface area contributed by atoms with Gasteiger partial charge in [-0.2, -0.15) is 0 Å². The van der Waals surface area contributed by atoms with E-state index in [1.54, 1.807) is 7.11 Å². The average molecular weight is 396 g/mol. The summed E-state index contributed by atoms with van der Waals surface area (Å²) >= 11 is 0. The van der Waals surface area contributed by atoms with E-state index in [0.717, 1.165) is 33.7 Å². The van der Waals surface area contributed by atoms with Gasteiger partial charge in [0.15, 0.2) is 0 Å². The van der Waals surface area contributed by atoms with Crippen molar-refractivity contribution in [1.82, 2.24) is 14.0 Å². The summed E-state index contributed by atoms with van der Waals surface area (Å²) < 4.78 is 10.0. The molecule has 30 heavy (non-hydrogen) atoms. The van der Waals surface area contributed by atoms with E-state index < -0.39 is 0 Å². The smallest absolute Gasteiger partial charge is 0.146 e. The van der Waals surface area contributed by atoms with Crippen molar-refractivity contribution < 1.29 is 4.74 Å². The fraction of sp³-hybridized carbons (Fsp3) is 0.192. The zero-order valence-electron chi connectivity index (χ0n) is 17.8. The molecule has 0 saturated carbocycles. The minimum atomic E-state index is -0.139. The molecule has 0 spiro atoms. The molecule has 0 amide bonds. The van der Waals surface area contributed by atoms with Gasteiger partial charge in [0.05, 0.1) is 12.8 Å². The van der Waals surface area contributed by atoms with Crippen molar-refractivity contribution in [2.45, 2.75) is 26.3 Å². The van der Waals surface area contributed by atoms with Crippen molar-refractivity contribution >= 4 is 16.8 Å². The van der Waals surface area contributed by atoms with Crippen LogP contribution in [0.2, 0.25) is 0 Å². The summed E-state index contributed by atoms with van der Waals surface area (Å²) in [4.78, 5) is 5.07. The minimum absolute atomic E-state index is 0.139. The van der Waals surface area contributed by atoms with Crippen molar-refractivity contribution in [3.05, 3.63) is 79.0 Å². The molecule has 0 aliphatic rings. The van der Waals surface area contributed by atoms with Gasteiger partial charge in [-0.05, 0) is 56.2 Å². The monoisotopic (exact) mass is 395 g/mol. The molecule has 0 aliphatic carbocycles. The van der Waals surface area contributed by atoms with Crippen LogP contribution >= 0.6 is 0 Å². The molecule has 0 saturated heterocycles. The van der Waals surface area contributed by atoms with Crippen molar-refractivity contribution in [1.29, 1.82) is 0 Å². The Morgan fingerprint density at radius 2 is 1.50 bits per heavy atom. The average Bonchev–Trinajstić information content (AvgIpc) is 3.28. The van der Waals surface area contributed by atoms with E-state index in [9.17, 15) is 0 Å². The van der Waals surface area contributed by atoms with Crippen LogP contribution in [0.4, 0.5) is 0 Å². The maximum absolute atomic E-state index is 5.39. The number of hydrogen-bond donors (Lipinski definition) is 0. The molecule has 5 aromatic rings. The van der Waals surface area contributed by atoms with Gasteiger partial charge in [0.2, 0.25) is 0 Å². The highest BCUT2D eigenvalue weighted by atomic mass is 16.5. The van der Waals surface area contributed by atoms with Gasteiger partial charge in [-0.1, -0.05) is 48.5 Å². The second-order valence-electron chi connectivity index (χ2n) is 8.54. The third-order valence-electron chi connectivity index (χ3n) is 5.51. The Bertz CT molecular complexity index is 1340. The van der Waals surface area contributed by atoms with Crippen LogP contribution in [0.1, 0.15) is 20.8 Å². The third kappa shape index (κ3) is 2.79. The van der Waals surface area contributed by atoms with E-state index in [-0.39, 0.29) is 5.54 Å². The Labute approximate surface area is 176 Å². The Morgan fingerprint density at radius 1 is 0.800 bits per heavy atom. The van der Waals surface area contributed by atoms with Gasteiger partial charge >= 0.3 is 0 Å². The SMILES string of the molecule is COc1ccc(-c2c(-c3ccccc3)n(C(C)(C)C)c3c2nc2ccccn23)cc1. The largest absolute Gasteiger partial charge is 0.497 e. The fourth-order valence-corrected chi connectivity index (χ4v) is 4.25. The summed E-state index contributed by atoms with van der Waals surface area (Å²) in [5, 5.41) is 0. The van der Waals surface area contributed by atoms with E-state index in [1.807, 2.05) is 18.2 Å². The number of nitrogens with zero attached hydrogens (tertiary/aromatic N) is 3. The zero-order chi connectivity index (χ0) is 20.9. The quantitative estimate of drug-likeness (QED) is 0.355. The third-order valence-corrected chi connectivity index (χ3v) is 5.51. The first-order chi connectivity index (χ1) is 14.5. The van der Waals surface area contributed by atoms with E-state index in [1.165, 1.54) is 11.3 Å². The molecule has 4 nitrogen and oxygen atoms in total. The van der Waals surface area contributed by atoms with E-state index in [4.69, 9.17) is 9.72 Å². The molecule has 3 heterocycles. The Hall–Kier alpha value is -3.53. The van der Waals surface area contributed by atoms with Crippen LogP contribution in [0.25, 0.3) is 39.2 Å². The number of imidazole rings is 1. The maximum atomic E-state index is 5.39. The molecule has 0 N–H and O–H groups in total. The van der Waals surface area contributed by atoms with Gasteiger partial charge in [0.1, 0.15) is 22.6 Å². The highest BCUT2D eigenvalue weighted by molar-refractivity contribution is 6.03. The zero-order valence-corrected chi connectivity index (χ0v) is 17.8. The molecule has 0 aliphatic heterocycles. The minimum Gasteiger partial charge on any atom is -0.497 e. The first kappa shape index (κ1) is 18.5. The lowest BCUT2D eigenvalue weighted by Crippen LogP contribution is -2.23. The van der Waals surface area contributed by atoms with Crippen LogP contribution in [0, 0.1) is 0 Å². The standard InChI is InChI=1S/C26H25N3O/c1-26(2,3)29-24(19-10-6-5-7-11-19)22(18-13-15-20(30-4)16-14-18)23-25(29)28-17-9-8-12-21(28)27-23/h5-17H,1-4H3. The normalized spacial score (nSPS) is 12.0. The highest BCUT2D eigenvalue weighted by Crippen LogP contribution is 2.44. The van der Waals surface area contributed by atoms with E-state index in [2.05, 4.69) is 90.5 Å². The second-order valence-corrected chi connectivity index (χ2v) is 8.54. The first-order valence-electron chi connectivity index (χ1n) is 10.2. The molecule has 0 atom stereocenters. The topological polar surface area (TPSA) is 31.5 Å². The van der Waals surface area contributed by atoms with Gasteiger partial charge in [0.25, 0.3) is 0 Å². The molecule has 4 heteroatoms. The molecule has 3 aromatic heterocycles.